The molecule has 0 aliphatic carbocycles. The van der Waals surface area contributed by atoms with E-state index in [0.29, 0.717) is 29.9 Å². The number of alkyl carbamates (subject to hydrolysis) is 1. The molecule has 232 valence electrons. The van der Waals surface area contributed by atoms with Crippen LogP contribution >= 0.6 is 11.8 Å². The summed E-state index contributed by atoms with van der Waals surface area (Å²) in [5.74, 6) is -0.863. The Kier molecular flexibility index (Phi) is 8.66. The van der Waals surface area contributed by atoms with Gasteiger partial charge in [-0.1, -0.05) is 60.7 Å². The number of rotatable bonds is 6. The van der Waals surface area contributed by atoms with Crippen LogP contribution < -0.4 is 5.32 Å². The van der Waals surface area contributed by atoms with Crippen molar-refractivity contribution in [2.45, 2.75) is 76.6 Å². The number of hydrogen-bond donors (Lipinski definition) is 1. The number of nitrogens with one attached hydrogen (secondary N) is 1. The van der Waals surface area contributed by atoms with Crippen molar-refractivity contribution >= 4 is 35.6 Å². The first-order chi connectivity index (χ1) is 20.7. The maximum atomic E-state index is 14.2. The number of amides is 3. The van der Waals surface area contributed by atoms with Gasteiger partial charge in [0.2, 0.25) is 5.91 Å². The smallest absolute Gasteiger partial charge is 0.408 e. The molecule has 0 spiro atoms. The summed E-state index contributed by atoms with van der Waals surface area (Å²) in [5, 5.41) is 2.14. The van der Waals surface area contributed by atoms with Crippen molar-refractivity contribution in [3.63, 3.8) is 0 Å². The number of nitrogens with zero attached hydrogens (tertiary/aromatic N) is 2. The average Bonchev–Trinajstić information content (AvgIpc) is 3.34. The van der Waals surface area contributed by atoms with Gasteiger partial charge in [0.25, 0.3) is 5.91 Å². The lowest BCUT2D eigenvalue weighted by Gasteiger charge is -2.49. The van der Waals surface area contributed by atoms with Gasteiger partial charge in [0, 0.05) is 23.4 Å². The maximum Gasteiger partial charge on any atom is 0.408 e. The monoisotopic (exact) mass is 617 g/mol. The molecule has 1 N–H and O–H groups in total. The minimum atomic E-state index is -0.865. The molecule has 0 aromatic heterocycles. The van der Waals surface area contributed by atoms with Crippen molar-refractivity contribution in [3.05, 3.63) is 94.7 Å². The molecular formula is C34H39N3O6S. The number of hydrogen-bond acceptors (Lipinski definition) is 7. The third kappa shape index (κ3) is 6.55. The third-order valence-corrected chi connectivity index (χ3v) is 8.88. The lowest BCUT2D eigenvalue weighted by atomic mass is 10.00. The molecule has 0 bridgehead atoms. The summed E-state index contributed by atoms with van der Waals surface area (Å²) in [7, 11) is 0. The van der Waals surface area contributed by atoms with Gasteiger partial charge >= 0.3 is 12.1 Å². The molecule has 3 aliphatic heterocycles. The van der Waals surface area contributed by atoms with Gasteiger partial charge in [-0.15, -0.1) is 11.8 Å². The second-order valence-electron chi connectivity index (χ2n) is 13.1. The van der Waals surface area contributed by atoms with Crippen LogP contribution in [0.25, 0.3) is 0 Å². The van der Waals surface area contributed by atoms with Crippen LogP contribution in [0.5, 0.6) is 0 Å². The lowest BCUT2D eigenvalue weighted by molar-refractivity contribution is -0.153. The molecule has 2 saturated heterocycles. The minimum absolute atomic E-state index is 0.0873. The van der Waals surface area contributed by atoms with E-state index < -0.39 is 41.1 Å². The Bertz CT molecular complexity index is 1470. The van der Waals surface area contributed by atoms with E-state index in [1.165, 1.54) is 16.7 Å². The first-order valence-corrected chi connectivity index (χ1v) is 15.8. The van der Waals surface area contributed by atoms with E-state index in [0.717, 1.165) is 11.1 Å². The molecule has 10 heteroatoms. The lowest BCUT2D eigenvalue weighted by Crippen LogP contribution is -2.70. The Hall–Kier alpha value is -4.05. The second kappa shape index (κ2) is 12.1. The molecule has 0 radical (unpaired) electrons. The van der Waals surface area contributed by atoms with E-state index in [2.05, 4.69) is 5.32 Å². The fourth-order valence-corrected chi connectivity index (χ4v) is 6.83. The fourth-order valence-electron chi connectivity index (χ4n) is 5.52. The minimum Gasteiger partial charge on any atom is -0.448 e. The maximum absolute atomic E-state index is 14.2. The SMILES string of the molecule is CC(C)(C)OC(=O)NC1C(=O)N2C(C(=O)OC(c3ccccc3)c3ccccc3)=C(/C=C3\CCN(C(C)(C)C)C3=O)CSC12. The zero-order valence-corrected chi connectivity index (χ0v) is 26.8. The molecule has 5 rings (SSSR count). The molecule has 9 nitrogen and oxygen atoms in total. The van der Waals surface area contributed by atoms with Crippen molar-refractivity contribution < 1.29 is 28.7 Å². The molecule has 3 heterocycles. The van der Waals surface area contributed by atoms with Crippen molar-refractivity contribution in [2.75, 3.05) is 12.3 Å². The predicted molar refractivity (Wildman–Crippen MR) is 168 cm³/mol. The molecule has 3 amide bonds. The van der Waals surface area contributed by atoms with Crippen LogP contribution in [0, 0.1) is 0 Å². The van der Waals surface area contributed by atoms with E-state index in [1.807, 2.05) is 86.3 Å². The van der Waals surface area contributed by atoms with Gasteiger partial charge in [0.1, 0.15) is 22.7 Å². The number of carbonyl (C=O) groups is 4. The Morgan fingerprint density at radius 3 is 2.07 bits per heavy atom. The normalized spacial score (nSPS) is 21.4. The van der Waals surface area contributed by atoms with Crippen molar-refractivity contribution in [1.82, 2.24) is 15.1 Å². The molecule has 2 atom stereocenters. The van der Waals surface area contributed by atoms with Crippen LogP contribution in [0.2, 0.25) is 0 Å². The number of benzene rings is 2. The van der Waals surface area contributed by atoms with E-state index in [9.17, 15) is 19.2 Å². The molecular weight excluding hydrogens is 578 g/mol. The highest BCUT2D eigenvalue weighted by Gasteiger charge is 2.55. The van der Waals surface area contributed by atoms with E-state index in [4.69, 9.17) is 9.47 Å². The van der Waals surface area contributed by atoms with E-state index in [1.54, 1.807) is 26.8 Å². The summed E-state index contributed by atoms with van der Waals surface area (Å²) in [6.07, 6.45) is 0.847. The molecule has 2 unspecified atom stereocenters. The highest BCUT2D eigenvalue weighted by atomic mass is 32.2. The number of thioether (sulfide) groups is 1. The van der Waals surface area contributed by atoms with Crippen molar-refractivity contribution in [3.8, 4) is 0 Å². The molecule has 2 aromatic rings. The van der Waals surface area contributed by atoms with Gasteiger partial charge in [-0.05, 0) is 70.7 Å². The summed E-state index contributed by atoms with van der Waals surface area (Å²) < 4.78 is 11.6. The van der Waals surface area contributed by atoms with Crippen LogP contribution in [0.3, 0.4) is 0 Å². The Balaban J connectivity index is 1.50. The summed E-state index contributed by atoms with van der Waals surface area (Å²) in [4.78, 5) is 56.8. The Labute approximate surface area is 262 Å². The number of likely N-dealkylation sites (tertiary alicyclic amines) is 1. The largest absolute Gasteiger partial charge is 0.448 e. The topological polar surface area (TPSA) is 105 Å². The zero-order valence-electron chi connectivity index (χ0n) is 26.0. The van der Waals surface area contributed by atoms with Crippen LogP contribution in [0.1, 0.15) is 65.2 Å². The van der Waals surface area contributed by atoms with Gasteiger partial charge in [-0.25, -0.2) is 9.59 Å². The number of ether oxygens (including phenoxy) is 2. The second-order valence-corrected chi connectivity index (χ2v) is 14.2. The number of esters is 1. The van der Waals surface area contributed by atoms with Crippen LogP contribution in [-0.4, -0.2) is 68.5 Å². The molecule has 3 aliphatic rings. The average molecular weight is 618 g/mol. The Morgan fingerprint density at radius 1 is 0.955 bits per heavy atom. The zero-order chi connectivity index (χ0) is 31.8. The van der Waals surface area contributed by atoms with Gasteiger partial charge in [0.05, 0.1) is 0 Å². The first kappa shape index (κ1) is 31.4. The molecule has 0 saturated carbocycles. The number of fused-ring (bicyclic) bond motifs is 1. The highest BCUT2D eigenvalue weighted by Crippen LogP contribution is 2.43. The van der Waals surface area contributed by atoms with Gasteiger partial charge < -0.3 is 19.7 Å². The number of carbonyl (C=O) groups excluding carboxylic acids is 4. The summed E-state index contributed by atoms with van der Waals surface area (Å²) in [5.41, 5.74) is 1.69. The summed E-state index contributed by atoms with van der Waals surface area (Å²) in [6.45, 7) is 11.8. The fraction of sp³-hybridized carbons (Fsp3) is 0.412. The van der Waals surface area contributed by atoms with Crippen molar-refractivity contribution in [1.29, 1.82) is 0 Å². The Morgan fingerprint density at radius 2 is 1.55 bits per heavy atom. The van der Waals surface area contributed by atoms with Crippen molar-refractivity contribution in [2.24, 2.45) is 0 Å². The predicted octanol–water partition coefficient (Wildman–Crippen LogP) is 5.34. The molecule has 2 aromatic carbocycles. The first-order valence-electron chi connectivity index (χ1n) is 14.8. The number of β-lactam (4-membered cyclic amide) rings is 1. The molecule has 44 heavy (non-hydrogen) atoms. The summed E-state index contributed by atoms with van der Waals surface area (Å²) in [6, 6.07) is 17.9. The van der Waals surface area contributed by atoms with Crippen LogP contribution in [0.4, 0.5) is 4.79 Å². The van der Waals surface area contributed by atoms with Crippen LogP contribution in [-0.2, 0) is 23.9 Å². The number of allylic oxidation sites excluding steroid dienone is 1. The third-order valence-electron chi connectivity index (χ3n) is 7.58. The highest BCUT2D eigenvalue weighted by molar-refractivity contribution is 8.00. The van der Waals surface area contributed by atoms with E-state index in [-0.39, 0.29) is 17.1 Å². The quantitative estimate of drug-likeness (QED) is 0.265. The standard InChI is InChI=1S/C34H39N3O6S/c1-33(2,3)36-18-17-23(28(36)38)19-24-20-44-30-25(35-32(41)43-34(4,5)6)29(39)37(30)26(24)31(40)42-27(21-13-9-7-10-14-21)22-15-11-8-12-16-22/h7-16,19,25,27,30H,17-18,20H2,1-6H3,(H,35,41)/b23-19+. The van der Waals surface area contributed by atoms with Crippen LogP contribution in [0.15, 0.2) is 83.6 Å². The van der Waals surface area contributed by atoms with Gasteiger partial charge in [0.15, 0.2) is 6.10 Å². The van der Waals surface area contributed by atoms with E-state index >= 15 is 0 Å². The molecule has 2 fully saturated rings. The summed E-state index contributed by atoms with van der Waals surface area (Å²) >= 11 is 1.42. The van der Waals surface area contributed by atoms with Gasteiger partial charge in [-0.3, -0.25) is 14.5 Å². The van der Waals surface area contributed by atoms with Gasteiger partial charge in [-0.2, -0.15) is 0 Å².